The van der Waals surface area contributed by atoms with Crippen LogP contribution in [-0.2, 0) is 11.2 Å². The number of carbonyl (C=O) groups is 1. The molecule has 4 nitrogen and oxygen atoms in total. The first kappa shape index (κ1) is 16.1. The predicted octanol–water partition coefficient (Wildman–Crippen LogP) is 2.37. The van der Waals surface area contributed by atoms with E-state index in [1.807, 2.05) is 12.1 Å². The van der Waals surface area contributed by atoms with E-state index in [9.17, 15) is 9.90 Å². The van der Waals surface area contributed by atoms with Crippen LogP contribution in [0.2, 0.25) is 0 Å². The molecule has 0 aliphatic carbocycles. The number of aliphatic carboxylic acids is 1. The highest BCUT2D eigenvalue weighted by molar-refractivity contribution is 7.12. The van der Waals surface area contributed by atoms with Crippen molar-refractivity contribution in [3.63, 3.8) is 0 Å². The Morgan fingerprint density at radius 2 is 2.05 bits per heavy atom. The lowest BCUT2D eigenvalue weighted by Gasteiger charge is -2.20. The number of carboxylic acids is 1. The van der Waals surface area contributed by atoms with Gasteiger partial charge in [-0.25, -0.2) is 0 Å². The van der Waals surface area contributed by atoms with E-state index in [1.54, 1.807) is 11.3 Å². The molecule has 0 radical (unpaired) electrons. The second-order valence-electron chi connectivity index (χ2n) is 4.41. The van der Waals surface area contributed by atoms with Crippen molar-refractivity contribution in [1.29, 1.82) is 0 Å². The van der Waals surface area contributed by atoms with E-state index in [4.69, 9.17) is 0 Å². The van der Waals surface area contributed by atoms with E-state index in [1.165, 1.54) is 4.88 Å². The molecule has 1 heterocycles. The first-order valence-electron chi connectivity index (χ1n) is 6.89. The summed E-state index contributed by atoms with van der Waals surface area (Å²) < 4.78 is 0. The van der Waals surface area contributed by atoms with Crippen molar-refractivity contribution in [2.45, 2.75) is 33.2 Å². The first-order chi connectivity index (χ1) is 9.12. The van der Waals surface area contributed by atoms with Crippen LogP contribution in [-0.4, -0.2) is 42.2 Å². The van der Waals surface area contributed by atoms with Gasteiger partial charge in [-0.15, -0.1) is 11.3 Å². The van der Waals surface area contributed by atoms with Gasteiger partial charge in [0.05, 0.1) is 0 Å². The Morgan fingerprint density at radius 3 is 2.53 bits per heavy atom. The highest BCUT2D eigenvalue weighted by Crippen LogP contribution is 2.23. The molecule has 0 aromatic carbocycles. The van der Waals surface area contributed by atoms with Gasteiger partial charge in [0, 0.05) is 22.8 Å². The van der Waals surface area contributed by atoms with E-state index in [0.717, 1.165) is 30.9 Å². The molecule has 1 aromatic heterocycles. The highest BCUT2D eigenvalue weighted by atomic mass is 32.1. The SMILES string of the molecule is CCc1ccc(C(NCCN(CC)CC)C(=O)O)s1. The van der Waals surface area contributed by atoms with Gasteiger partial charge in [0.1, 0.15) is 6.04 Å². The summed E-state index contributed by atoms with van der Waals surface area (Å²) in [4.78, 5) is 15.7. The van der Waals surface area contributed by atoms with E-state index in [0.29, 0.717) is 6.54 Å². The Labute approximate surface area is 119 Å². The van der Waals surface area contributed by atoms with Crippen molar-refractivity contribution in [2.75, 3.05) is 26.2 Å². The van der Waals surface area contributed by atoms with Gasteiger partial charge < -0.3 is 10.0 Å². The average Bonchev–Trinajstić information content (AvgIpc) is 2.87. The fraction of sp³-hybridized carbons (Fsp3) is 0.643. The second-order valence-corrected chi connectivity index (χ2v) is 5.61. The van der Waals surface area contributed by atoms with Crippen LogP contribution in [0.15, 0.2) is 12.1 Å². The molecule has 1 atom stereocenters. The van der Waals surface area contributed by atoms with Crippen LogP contribution in [0.1, 0.15) is 36.6 Å². The number of nitrogens with one attached hydrogen (secondary N) is 1. The molecule has 0 fully saturated rings. The van der Waals surface area contributed by atoms with Gasteiger partial charge in [-0.2, -0.15) is 0 Å². The number of hydrogen-bond donors (Lipinski definition) is 2. The number of aryl methyl sites for hydroxylation is 1. The van der Waals surface area contributed by atoms with Crippen molar-refractivity contribution in [3.05, 3.63) is 21.9 Å². The van der Waals surface area contributed by atoms with Crippen LogP contribution in [0.25, 0.3) is 0 Å². The number of carboxylic acid groups (broad SMARTS) is 1. The summed E-state index contributed by atoms with van der Waals surface area (Å²) in [5.41, 5.74) is 0. The van der Waals surface area contributed by atoms with Crippen molar-refractivity contribution in [3.8, 4) is 0 Å². The van der Waals surface area contributed by atoms with Gasteiger partial charge >= 0.3 is 5.97 Å². The lowest BCUT2D eigenvalue weighted by atomic mass is 10.2. The Hall–Kier alpha value is -0.910. The largest absolute Gasteiger partial charge is 0.480 e. The van der Waals surface area contributed by atoms with Crippen LogP contribution in [0.3, 0.4) is 0 Å². The third-order valence-corrected chi connectivity index (χ3v) is 4.53. The molecule has 0 saturated heterocycles. The predicted molar refractivity (Wildman–Crippen MR) is 79.9 cm³/mol. The Morgan fingerprint density at radius 1 is 1.37 bits per heavy atom. The van der Waals surface area contributed by atoms with Crippen LogP contribution < -0.4 is 5.32 Å². The van der Waals surface area contributed by atoms with Gasteiger partial charge in [-0.1, -0.05) is 20.8 Å². The van der Waals surface area contributed by atoms with Gasteiger partial charge in [0.2, 0.25) is 0 Å². The Kier molecular flexibility index (Phi) is 7.05. The summed E-state index contributed by atoms with van der Waals surface area (Å²) in [5.74, 6) is -0.802. The topological polar surface area (TPSA) is 52.6 Å². The molecule has 0 spiro atoms. The molecule has 0 saturated carbocycles. The minimum absolute atomic E-state index is 0.583. The molecule has 5 heteroatoms. The summed E-state index contributed by atoms with van der Waals surface area (Å²) in [7, 11) is 0. The number of hydrogen-bond acceptors (Lipinski definition) is 4. The molecule has 2 N–H and O–H groups in total. The van der Waals surface area contributed by atoms with Gasteiger partial charge in [0.25, 0.3) is 0 Å². The molecule has 1 aromatic rings. The lowest BCUT2D eigenvalue weighted by molar-refractivity contribution is -0.139. The van der Waals surface area contributed by atoms with Crippen LogP contribution in [0.4, 0.5) is 0 Å². The van der Waals surface area contributed by atoms with Crippen LogP contribution in [0, 0.1) is 0 Å². The highest BCUT2D eigenvalue weighted by Gasteiger charge is 2.20. The van der Waals surface area contributed by atoms with E-state index in [-0.39, 0.29) is 0 Å². The zero-order chi connectivity index (χ0) is 14.3. The molecular formula is C14H24N2O2S. The minimum atomic E-state index is -0.802. The van der Waals surface area contributed by atoms with Gasteiger partial charge in [-0.3, -0.25) is 10.1 Å². The van der Waals surface area contributed by atoms with Crippen molar-refractivity contribution in [2.24, 2.45) is 0 Å². The maximum absolute atomic E-state index is 11.3. The maximum atomic E-state index is 11.3. The molecule has 108 valence electrons. The molecule has 1 rings (SSSR count). The van der Waals surface area contributed by atoms with Gasteiger partial charge in [0.15, 0.2) is 0 Å². The standard InChI is InChI=1S/C14H24N2O2S/c1-4-11-7-8-12(19-11)13(14(17)18)15-9-10-16(5-2)6-3/h7-8,13,15H,4-6,9-10H2,1-3H3,(H,17,18). The van der Waals surface area contributed by atoms with Gasteiger partial charge in [-0.05, 0) is 31.6 Å². The fourth-order valence-corrected chi connectivity index (χ4v) is 2.98. The summed E-state index contributed by atoms with van der Waals surface area (Å²) in [6.45, 7) is 9.87. The molecule has 1 unspecified atom stereocenters. The van der Waals surface area contributed by atoms with Crippen LogP contribution >= 0.6 is 11.3 Å². The monoisotopic (exact) mass is 284 g/mol. The van der Waals surface area contributed by atoms with E-state index in [2.05, 4.69) is 31.0 Å². The lowest BCUT2D eigenvalue weighted by Crippen LogP contribution is -2.36. The smallest absolute Gasteiger partial charge is 0.326 e. The summed E-state index contributed by atoms with van der Waals surface area (Å²) >= 11 is 1.58. The molecular weight excluding hydrogens is 260 g/mol. The van der Waals surface area contributed by atoms with Crippen molar-refractivity contribution in [1.82, 2.24) is 10.2 Å². The third-order valence-electron chi connectivity index (χ3n) is 3.23. The Bertz CT molecular complexity index is 389. The number of rotatable bonds is 9. The summed E-state index contributed by atoms with van der Waals surface area (Å²) in [6.07, 6.45) is 0.955. The molecule has 0 aliphatic heterocycles. The van der Waals surface area contributed by atoms with E-state index < -0.39 is 12.0 Å². The zero-order valence-electron chi connectivity index (χ0n) is 12.0. The fourth-order valence-electron chi connectivity index (χ4n) is 1.96. The third kappa shape index (κ3) is 4.93. The quantitative estimate of drug-likeness (QED) is 0.731. The summed E-state index contributed by atoms with van der Waals surface area (Å²) in [5, 5.41) is 12.5. The van der Waals surface area contributed by atoms with E-state index >= 15 is 0 Å². The van der Waals surface area contributed by atoms with Crippen molar-refractivity contribution < 1.29 is 9.90 Å². The molecule has 0 aliphatic rings. The molecule has 19 heavy (non-hydrogen) atoms. The minimum Gasteiger partial charge on any atom is -0.480 e. The number of thiophene rings is 1. The average molecular weight is 284 g/mol. The first-order valence-corrected chi connectivity index (χ1v) is 7.71. The normalized spacial score (nSPS) is 12.8. The molecule has 0 amide bonds. The number of nitrogens with zero attached hydrogens (tertiary/aromatic N) is 1. The zero-order valence-corrected chi connectivity index (χ0v) is 12.8. The number of likely N-dealkylation sites (N-methyl/N-ethyl adjacent to an activating group) is 1. The summed E-state index contributed by atoms with van der Waals surface area (Å²) in [6, 6.07) is 3.36. The van der Waals surface area contributed by atoms with Crippen LogP contribution in [0.5, 0.6) is 0 Å². The van der Waals surface area contributed by atoms with Crippen molar-refractivity contribution >= 4 is 17.3 Å². The maximum Gasteiger partial charge on any atom is 0.326 e. The Balaban J connectivity index is 2.56. The second kappa shape index (κ2) is 8.30. The molecule has 0 bridgehead atoms.